The predicted molar refractivity (Wildman–Crippen MR) is 163 cm³/mol. The van der Waals surface area contributed by atoms with E-state index in [2.05, 4.69) is 54.7 Å². The van der Waals surface area contributed by atoms with Crippen LogP contribution < -0.4 is 14.2 Å². The molecule has 13 heteroatoms. The van der Waals surface area contributed by atoms with E-state index in [1.165, 1.54) is 26.2 Å². The minimum atomic E-state index is -0.870. The number of carbonyl (C=O) groups excluding carboxylic acids is 1. The lowest BCUT2D eigenvalue weighted by molar-refractivity contribution is -0.135. The Morgan fingerprint density at radius 1 is 1.22 bits per heavy atom. The molecule has 1 unspecified atom stereocenters. The third-order valence-corrected chi connectivity index (χ3v) is 8.20. The van der Waals surface area contributed by atoms with Gasteiger partial charge in [0.25, 0.3) is 0 Å². The van der Waals surface area contributed by atoms with Crippen LogP contribution in [0.5, 0.6) is 17.4 Å². The molecule has 0 fully saturated rings. The third kappa shape index (κ3) is 6.86. The maximum atomic E-state index is 12.5. The number of halogens is 3. The molecule has 0 saturated carbocycles. The molecule has 0 aliphatic carbocycles. The van der Waals surface area contributed by atoms with Crippen molar-refractivity contribution in [1.82, 2.24) is 9.99 Å². The van der Waals surface area contributed by atoms with Crippen molar-refractivity contribution in [3.8, 4) is 23.4 Å². The Labute approximate surface area is 264 Å². The maximum Gasteiger partial charge on any atom is 0.247 e. The smallest absolute Gasteiger partial charge is 0.247 e. The first-order valence-electron chi connectivity index (χ1n) is 12.2. The van der Waals surface area contributed by atoms with E-state index in [-0.39, 0.29) is 43.1 Å². The molecule has 0 spiro atoms. The molecule has 1 atom stereocenters. The number of ether oxygens (including phenoxy) is 5. The lowest BCUT2D eigenvalue weighted by Gasteiger charge is -2.21. The van der Waals surface area contributed by atoms with Crippen molar-refractivity contribution in [3.05, 3.63) is 77.4 Å². The van der Waals surface area contributed by atoms with Crippen molar-refractivity contribution in [2.75, 3.05) is 20.8 Å². The number of methoxy groups -OCH3 is 2. The summed E-state index contributed by atoms with van der Waals surface area (Å²) in [6.45, 7) is 3.44. The van der Waals surface area contributed by atoms with Gasteiger partial charge in [-0.25, -0.2) is 4.98 Å². The summed E-state index contributed by atoms with van der Waals surface area (Å²) in [7, 11) is 3.07. The van der Waals surface area contributed by atoms with Crippen molar-refractivity contribution < 1.29 is 28.5 Å². The highest BCUT2D eigenvalue weighted by Crippen LogP contribution is 2.39. The number of nitrogens with zero attached hydrogens (tertiary/aromatic N) is 4. The number of hydrogen-bond donors (Lipinski definition) is 0. The summed E-state index contributed by atoms with van der Waals surface area (Å²) in [4.78, 5) is 16.9. The summed E-state index contributed by atoms with van der Waals surface area (Å²) < 4.78 is 30.2. The van der Waals surface area contributed by atoms with Crippen molar-refractivity contribution in [3.63, 3.8) is 0 Å². The Morgan fingerprint density at radius 3 is 2.63 bits per heavy atom. The number of amides is 1. The van der Waals surface area contributed by atoms with E-state index < -0.39 is 6.23 Å². The minimum absolute atomic E-state index is 0.112. The monoisotopic (exact) mass is 754 g/mol. The second-order valence-electron chi connectivity index (χ2n) is 8.75. The first kappa shape index (κ1) is 30.8. The molecule has 0 radical (unpaired) electrons. The zero-order valence-electron chi connectivity index (χ0n) is 22.5. The van der Waals surface area contributed by atoms with E-state index in [1.807, 2.05) is 24.3 Å². The fourth-order valence-corrected chi connectivity index (χ4v) is 5.39. The molecule has 10 nitrogen and oxygen atoms in total. The van der Waals surface area contributed by atoms with Gasteiger partial charge in [-0.2, -0.15) is 10.3 Å². The first-order chi connectivity index (χ1) is 19.7. The van der Waals surface area contributed by atoms with Crippen molar-refractivity contribution in [2.24, 2.45) is 5.10 Å². The number of pyridine rings is 1. The van der Waals surface area contributed by atoms with Crippen LogP contribution in [-0.4, -0.2) is 42.6 Å². The molecule has 3 aromatic rings. The molecule has 2 heterocycles. The first-order valence-corrected chi connectivity index (χ1v) is 14.4. The molecule has 214 valence electrons. The highest BCUT2D eigenvalue weighted by atomic mass is 127. The van der Waals surface area contributed by atoms with Crippen LogP contribution in [0, 0.1) is 21.8 Å². The standard InChI is InChI=1S/C28H25BrClIN4O6/c1-15-25(29)20(13-37-3)19(11-32)27(33-15)40-14-24-34-35(16(2)36)28(41-24)18-9-22(31)26(23(10-18)38-4)39-12-17-7-5-6-8-21(17)30/h5-10,28H,12-14H2,1-4H3. The molecule has 1 aromatic heterocycles. The molecule has 0 saturated heterocycles. The van der Waals surface area contributed by atoms with Crippen LogP contribution in [0.2, 0.25) is 5.02 Å². The Balaban J connectivity index is 1.55. The number of nitriles is 1. The van der Waals surface area contributed by atoms with E-state index in [0.717, 1.165) is 9.13 Å². The van der Waals surface area contributed by atoms with Gasteiger partial charge in [0.1, 0.15) is 18.2 Å². The number of aryl methyl sites for hydroxylation is 1. The fourth-order valence-electron chi connectivity index (χ4n) is 4.01. The normalized spacial score (nSPS) is 14.2. The Morgan fingerprint density at radius 2 is 1.98 bits per heavy atom. The highest BCUT2D eigenvalue weighted by molar-refractivity contribution is 14.1. The zero-order valence-corrected chi connectivity index (χ0v) is 27.0. The number of benzene rings is 2. The van der Waals surface area contributed by atoms with Crippen molar-refractivity contribution >= 4 is 61.9 Å². The van der Waals surface area contributed by atoms with E-state index in [4.69, 9.17) is 35.3 Å². The average Bonchev–Trinajstić information content (AvgIpc) is 3.39. The quantitative estimate of drug-likeness (QED) is 0.222. The number of hydrazone groups is 1. The van der Waals surface area contributed by atoms with E-state index in [0.29, 0.717) is 37.8 Å². The van der Waals surface area contributed by atoms with Crippen LogP contribution in [0.25, 0.3) is 0 Å². The summed E-state index contributed by atoms with van der Waals surface area (Å²) in [5, 5.41) is 15.9. The summed E-state index contributed by atoms with van der Waals surface area (Å²) in [6, 6.07) is 13.1. The molecule has 1 aliphatic heterocycles. The van der Waals surface area contributed by atoms with Crippen LogP contribution in [0.3, 0.4) is 0 Å². The van der Waals surface area contributed by atoms with Crippen LogP contribution >= 0.6 is 50.1 Å². The van der Waals surface area contributed by atoms with E-state index in [1.54, 1.807) is 19.1 Å². The Kier molecular flexibility index (Phi) is 10.3. The Bertz CT molecular complexity index is 1550. The molecule has 4 rings (SSSR count). The van der Waals surface area contributed by atoms with Gasteiger partial charge in [-0.1, -0.05) is 29.8 Å². The van der Waals surface area contributed by atoms with Gasteiger partial charge >= 0.3 is 0 Å². The summed E-state index contributed by atoms with van der Waals surface area (Å²) >= 11 is 11.9. The highest BCUT2D eigenvalue weighted by Gasteiger charge is 2.34. The van der Waals surface area contributed by atoms with Gasteiger partial charge in [0.05, 0.1) is 23.0 Å². The molecule has 1 aliphatic rings. The lowest BCUT2D eigenvalue weighted by atomic mass is 10.1. The van der Waals surface area contributed by atoms with Crippen molar-refractivity contribution in [1.29, 1.82) is 5.26 Å². The molecule has 2 aromatic carbocycles. The average molecular weight is 756 g/mol. The maximum absolute atomic E-state index is 12.5. The summed E-state index contributed by atoms with van der Waals surface area (Å²) in [5.41, 5.74) is 2.92. The molecule has 1 amide bonds. The van der Waals surface area contributed by atoms with E-state index >= 15 is 0 Å². The minimum Gasteiger partial charge on any atom is -0.493 e. The number of carbonyl (C=O) groups is 1. The molecular formula is C28H25BrClIN4O6. The molecule has 0 N–H and O–H groups in total. The summed E-state index contributed by atoms with van der Waals surface area (Å²) in [5.74, 6) is 0.893. The topological polar surface area (TPSA) is 116 Å². The largest absolute Gasteiger partial charge is 0.493 e. The van der Waals surface area contributed by atoms with Gasteiger partial charge in [-0.3, -0.25) is 4.79 Å². The summed E-state index contributed by atoms with van der Waals surface area (Å²) in [6.07, 6.45) is -0.870. The number of hydrogen-bond acceptors (Lipinski definition) is 9. The molecular weight excluding hydrogens is 731 g/mol. The van der Waals surface area contributed by atoms with Crippen LogP contribution in [0.1, 0.15) is 41.1 Å². The second-order valence-corrected chi connectivity index (χ2v) is 11.1. The van der Waals surface area contributed by atoms with Gasteiger partial charge in [0.2, 0.25) is 23.9 Å². The number of aromatic nitrogens is 1. The van der Waals surface area contributed by atoms with Gasteiger partial charge in [0.15, 0.2) is 18.1 Å². The van der Waals surface area contributed by atoms with Gasteiger partial charge < -0.3 is 23.7 Å². The van der Waals surface area contributed by atoms with Crippen LogP contribution in [-0.2, 0) is 27.5 Å². The predicted octanol–water partition coefficient (Wildman–Crippen LogP) is 6.29. The Hall–Kier alpha value is -3.12. The van der Waals surface area contributed by atoms with Crippen LogP contribution in [0.15, 0.2) is 46.0 Å². The fraction of sp³-hybridized carbons (Fsp3) is 0.286. The number of rotatable bonds is 10. The van der Waals surface area contributed by atoms with Crippen LogP contribution in [0.4, 0.5) is 0 Å². The second kappa shape index (κ2) is 13.7. The molecule has 41 heavy (non-hydrogen) atoms. The van der Waals surface area contributed by atoms with Gasteiger partial charge in [-0.15, -0.1) is 5.10 Å². The van der Waals surface area contributed by atoms with Gasteiger partial charge in [0, 0.05) is 40.2 Å². The third-order valence-electron chi connectivity index (χ3n) is 5.98. The lowest BCUT2D eigenvalue weighted by Crippen LogP contribution is -2.25. The van der Waals surface area contributed by atoms with E-state index in [9.17, 15) is 10.1 Å². The SMILES string of the molecule is COCc1c(Br)c(C)nc(OCC2=NN(C(C)=O)C(c3cc(I)c(OCc4ccccc4Cl)c(OC)c3)O2)c1C#N. The van der Waals surface area contributed by atoms with Crippen molar-refractivity contribution in [2.45, 2.75) is 33.3 Å². The zero-order chi connectivity index (χ0) is 29.7. The van der Waals surface area contributed by atoms with Gasteiger partial charge in [-0.05, 0) is 63.6 Å². The molecule has 0 bridgehead atoms.